The number of anilines is 1. The number of hydrogen-bond acceptors (Lipinski definition) is 4. The van der Waals surface area contributed by atoms with Crippen LogP contribution in [0.25, 0.3) is 11.5 Å². The van der Waals surface area contributed by atoms with Gasteiger partial charge in [0.2, 0.25) is 0 Å². The van der Waals surface area contributed by atoms with E-state index >= 15 is 0 Å². The number of allylic oxidation sites excluding steroid dienone is 1. The number of nitrogens with one attached hydrogen (secondary N) is 1. The Bertz CT molecular complexity index is 962. The molecule has 26 heavy (non-hydrogen) atoms. The molecule has 0 saturated heterocycles. The molecule has 130 valence electrons. The van der Waals surface area contributed by atoms with Crippen molar-refractivity contribution >= 4 is 11.7 Å². The fourth-order valence-corrected chi connectivity index (χ4v) is 2.85. The minimum Gasteiger partial charge on any atom is -0.489 e. The van der Waals surface area contributed by atoms with E-state index in [0.717, 1.165) is 24.5 Å². The number of para-hydroxylation sites is 1. The summed E-state index contributed by atoms with van der Waals surface area (Å²) in [4.78, 5) is 21.6. The van der Waals surface area contributed by atoms with E-state index in [2.05, 4.69) is 21.4 Å². The molecule has 1 N–H and O–H groups in total. The molecule has 6 nitrogen and oxygen atoms in total. The third-order valence-electron chi connectivity index (χ3n) is 4.11. The number of fused-ring (bicyclic) bond motifs is 5. The third kappa shape index (κ3) is 3.35. The quantitative estimate of drug-likeness (QED) is 0.632. The number of aromatic nitrogens is 3. The van der Waals surface area contributed by atoms with Crippen LogP contribution in [0.15, 0.2) is 67.0 Å². The van der Waals surface area contributed by atoms with Crippen LogP contribution in [0.4, 0.5) is 5.82 Å². The van der Waals surface area contributed by atoms with Gasteiger partial charge in [0.05, 0.1) is 5.56 Å². The van der Waals surface area contributed by atoms with Crippen molar-refractivity contribution in [1.82, 2.24) is 14.5 Å². The molecule has 3 aromatic rings. The molecule has 0 radical (unpaired) electrons. The van der Waals surface area contributed by atoms with Gasteiger partial charge in [0.1, 0.15) is 23.9 Å². The molecular weight excluding hydrogens is 328 g/mol. The molecule has 0 spiro atoms. The summed E-state index contributed by atoms with van der Waals surface area (Å²) in [5.74, 6) is 1.55. The number of carbonyl (C=O) groups excluding carboxylic acids is 1. The van der Waals surface area contributed by atoms with Crippen LogP contribution in [0.5, 0.6) is 5.75 Å². The van der Waals surface area contributed by atoms with Crippen LogP contribution < -0.4 is 10.1 Å². The highest BCUT2D eigenvalue weighted by Crippen LogP contribution is 2.21. The Morgan fingerprint density at radius 1 is 1.08 bits per heavy atom. The van der Waals surface area contributed by atoms with Gasteiger partial charge < -0.3 is 14.6 Å². The molecule has 1 amide bonds. The van der Waals surface area contributed by atoms with Crippen LogP contribution in [0.2, 0.25) is 0 Å². The topological polar surface area (TPSA) is 69.0 Å². The zero-order chi connectivity index (χ0) is 17.8. The summed E-state index contributed by atoms with van der Waals surface area (Å²) in [5.41, 5.74) is 1.20. The first-order chi connectivity index (χ1) is 12.8. The Morgan fingerprint density at radius 2 is 2.00 bits per heavy atom. The molecule has 0 fully saturated rings. The normalized spacial score (nSPS) is 15.5. The maximum Gasteiger partial charge on any atom is 0.260 e. The van der Waals surface area contributed by atoms with Gasteiger partial charge >= 0.3 is 0 Å². The molecule has 2 aromatic heterocycles. The lowest BCUT2D eigenvalue weighted by Gasteiger charge is -2.11. The predicted molar refractivity (Wildman–Crippen MR) is 99.1 cm³/mol. The van der Waals surface area contributed by atoms with Crippen molar-refractivity contribution in [2.75, 3.05) is 11.9 Å². The molecular formula is C20H18N4O2. The van der Waals surface area contributed by atoms with Gasteiger partial charge in [-0.1, -0.05) is 30.4 Å². The number of rotatable bonds is 0. The van der Waals surface area contributed by atoms with Crippen molar-refractivity contribution in [2.45, 2.75) is 13.0 Å². The van der Waals surface area contributed by atoms with Crippen LogP contribution in [0, 0.1) is 0 Å². The Labute approximate surface area is 151 Å². The first kappa shape index (κ1) is 16.1. The largest absolute Gasteiger partial charge is 0.489 e. The Hall–Kier alpha value is -3.41. The number of imidazole rings is 1. The number of carbonyl (C=O) groups is 1. The highest BCUT2D eigenvalue weighted by molar-refractivity contribution is 6.05. The van der Waals surface area contributed by atoms with Gasteiger partial charge in [-0.25, -0.2) is 9.97 Å². The summed E-state index contributed by atoms with van der Waals surface area (Å²) >= 11 is 0. The lowest BCUT2D eigenvalue weighted by molar-refractivity contribution is 0.102. The fraction of sp³-hybridized carbons (Fsp3) is 0.150. The summed E-state index contributed by atoms with van der Waals surface area (Å²) in [5, 5.41) is 2.85. The number of pyridine rings is 1. The van der Waals surface area contributed by atoms with E-state index in [1.165, 1.54) is 0 Å². The lowest BCUT2D eigenvalue weighted by Crippen LogP contribution is -2.14. The lowest BCUT2D eigenvalue weighted by atomic mass is 10.2. The van der Waals surface area contributed by atoms with Crippen molar-refractivity contribution in [3.63, 3.8) is 0 Å². The molecule has 1 aliphatic rings. The average molecular weight is 346 g/mol. The smallest absolute Gasteiger partial charge is 0.260 e. The van der Waals surface area contributed by atoms with E-state index in [9.17, 15) is 4.79 Å². The molecule has 0 saturated carbocycles. The molecule has 1 aromatic carbocycles. The average Bonchev–Trinajstić information content (AvgIpc) is 3.13. The summed E-state index contributed by atoms with van der Waals surface area (Å²) in [6.07, 6.45) is 8.57. The summed E-state index contributed by atoms with van der Waals surface area (Å²) in [6, 6.07) is 12.7. The van der Waals surface area contributed by atoms with Crippen LogP contribution in [0.1, 0.15) is 16.8 Å². The van der Waals surface area contributed by atoms with Crippen molar-refractivity contribution in [3.05, 3.63) is 72.6 Å². The number of hydrogen-bond donors (Lipinski definition) is 1. The van der Waals surface area contributed by atoms with Crippen molar-refractivity contribution < 1.29 is 9.53 Å². The predicted octanol–water partition coefficient (Wildman–Crippen LogP) is 3.54. The second-order valence-corrected chi connectivity index (χ2v) is 5.87. The monoisotopic (exact) mass is 346 g/mol. The molecule has 0 atom stereocenters. The molecule has 0 aliphatic carbocycles. The molecule has 0 unspecified atom stereocenters. The molecule has 2 bridgehead atoms. The van der Waals surface area contributed by atoms with Crippen molar-refractivity contribution in [2.24, 2.45) is 0 Å². The zero-order valence-electron chi connectivity index (χ0n) is 14.1. The van der Waals surface area contributed by atoms with Gasteiger partial charge in [-0.05, 0) is 30.7 Å². The van der Waals surface area contributed by atoms with Crippen LogP contribution >= 0.6 is 0 Å². The maximum absolute atomic E-state index is 12.7. The van der Waals surface area contributed by atoms with Gasteiger partial charge in [-0.2, -0.15) is 0 Å². The fourth-order valence-electron chi connectivity index (χ4n) is 2.85. The van der Waals surface area contributed by atoms with Gasteiger partial charge in [0.15, 0.2) is 5.82 Å². The summed E-state index contributed by atoms with van der Waals surface area (Å²) in [6.45, 7) is 1.20. The molecule has 3 heterocycles. The number of benzene rings is 1. The first-order valence-corrected chi connectivity index (χ1v) is 8.48. The minimum atomic E-state index is -0.257. The van der Waals surface area contributed by atoms with E-state index in [4.69, 9.17) is 4.74 Å². The molecule has 6 heteroatoms. The summed E-state index contributed by atoms with van der Waals surface area (Å²) < 4.78 is 7.81. The standard InChI is InChI=1S/C20H18N4O2/c25-20-15-7-2-3-9-17(15)26-14-5-1-4-12-24-13-11-21-19(24)16-8-6-10-18(22-16)23-20/h1-3,5-11,13H,4,12,14H2,(H,22,23,25)/b5-1-. The number of nitrogens with zero attached hydrogens (tertiary/aromatic N) is 3. The maximum atomic E-state index is 12.7. The van der Waals surface area contributed by atoms with Gasteiger partial charge in [-0.15, -0.1) is 0 Å². The second kappa shape index (κ2) is 7.23. The second-order valence-electron chi connectivity index (χ2n) is 5.87. The van der Waals surface area contributed by atoms with Crippen LogP contribution in [-0.4, -0.2) is 27.0 Å². The highest BCUT2D eigenvalue weighted by Gasteiger charge is 2.14. The SMILES string of the molecule is O=C1Nc2cccc(n2)-c2nccn2CC/C=C\COc2ccccc21. The number of aryl methyl sites for hydroxylation is 1. The molecule has 4 rings (SSSR count). The third-order valence-corrected chi connectivity index (χ3v) is 4.11. The number of ether oxygens (including phenoxy) is 1. The summed E-state index contributed by atoms with van der Waals surface area (Å²) in [7, 11) is 0. The minimum absolute atomic E-state index is 0.257. The Kier molecular flexibility index (Phi) is 4.47. The first-order valence-electron chi connectivity index (χ1n) is 8.48. The van der Waals surface area contributed by atoms with E-state index in [0.29, 0.717) is 23.7 Å². The van der Waals surface area contributed by atoms with E-state index in [1.807, 2.05) is 41.1 Å². The van der Waals surface area contributed by atoms with E-state index < -0.39 is 0 Å². The van der Waals surface area contributed by atoms with Crippen molar-refractivity contribution in [1.29, 1.82) is 0 Å². The van der Waals surface area contributed by atoms with Gasteiger partial charge in [-0.3, -0.25) is 4.79 Å². The van der Waals surface area contributed by atoms with E-state index in [1.54, 1.807) is 24.4 Å². The Morgan fingerprint density at radius 3 is 2.96 bits per heavy atom. The van der Waals surface area contributed by atoms with E-state index in [-0.39, 0.29) is 5.91 Å². The van der Waals surface area contributed by atoms with Crippen molar-refractivity contribution in [3.8, 4) is 17.3 Å². The zero-order valence-corrected chi connectivity index (χ0v) is 14.1. The Balaban J connectivity index is 1.74. The van der Waals surface area contributed by atoms with Crippen LogP contribution in [0.3, 0.4) is 0 Å². The number of amides is 1. The highest BCUT2D eigenvalue weighted by atomic mass is 16.5. The molecule has 1 aliphatic heterocycles. The van der Waals surface area contributed by atoms with Gasteiger partial charge in [0, 0.05) is 18.9 Å². The van der Waals surface area contributed by atoms with Gasteiger partial charge in [0.25, 0.3) is 5.91 Å². The van der Waals surface area contributed by atoms with Crippen LogP contribution in [-0.2, 0) is 6.54 Å².